The number of methoxy groups -OCH3 is 1. The monoisotopic (exact) mass is 614 g/mol. The molecule has 7 N–H and O–H groups in total. The number of fused-ring (bicyclic) bond motifs is 1. The van der Waals surface area contributed by atoms with Crippen molar-refractivity contribution in [2.45, 2.75) is 50.9 Å². The third kappa shape index (κ3) is 8.02. The van der Waals surface area contributed by atoms with Gasteiger partial charge in [-0.3, -0.25) is 14.8 Å². The number of aliphatic imine (C=N–C) groups is 2. The lowest BCUT2D eigenvalue weighted by Crippen LogP contribution is -2.68. The Morgan fingerprint density at radius 1 is 1.35 bits per heavy atom. The third-order valence-electron chi connectivity index (χ3n) is 7.13. The average molecular weight is 615 g/mol. The fraction of sp³-hybridized carbons (Fsp3) is 0.433. The maximum absolute atomic E-state index is 13.9. The van der Waals surface area contributed by atoms with Crippen LogP contribution in [0.3, 0.4) is 0 Å². The number of carbonyl (C=O) groups excluding carboxylic acids is 1. The van der Waals surface area contributed by atoms with E-state index in [1.54, 1.807) is 19.4 Å². The molecule has 2 heterocycles. The van der Waals surface area contributed by atoms with Gasteiger partial charge in [0.2, 0.25) is 0 Å². The van der Waals surface area contributed by atoms with E-state index in [0.717, 1.165) is 25.0 Å². The van der Waals surface area contributed by atoms with Gasteiger partial charge in [0.05, 0.1) is 53.6 Å². The second-order valence-corrected chi connectivity index (χ2v) is 11.3. The minimum atomic E-state index is -0.810. The molecule has 232 valence electrons. The summed E-state index contributed by atoms with van der Waals surface area (Å²) in [4.78, 5) is 22.6. The molecule has 0 bridgehead atoms. The van der Waals surface area contributed by atoms with Crippen LogP contribution in [-0.2, 0) is 14.3 Å². The highest BCUT2D eigenvalue weighted by atomic mass is 35.5. The summed E-state index contributed by atoms with van der Waals surface area (Å²) >= 11 is 6.25. The van der Waals surface area contributed by atoms with E-state index in [1.165, 1.54) is 18.2 Å². The van der Waals surface area contributed by atoms with Crippen molar-refractivity contribution in [3.05, 3.63) is 76.5 Å². The first-order chi connectivity index (χ1) is 20.5. The molecular formula is C30H40ClFN8O3. The predicted octanol–water partition coefficient (Wildman–Crippen LogP) is 2.94. The average Bonchev–Trinajstić information content (AvgIpc) is 3.36. The first kappa shape index (κ1) is 32.2. The molecule has 11 nitrogen and oxygen atoms in total. The molecule has 1 aliphatic carbocycles. The van der Waals surface area contributed by atoms with Crippen molar-refractivity contribution in [1.82, 2.24) is 21.1 Å². The zero-order valence-electron chi connectivity index (χ0n) is 24.8. The Bertz CT molecular complexity index is 1390. The van der Waals surface area contributed by atoms with Gasteiger partial charge in [0.15, 0.2) is 0 Å². The lowest BCUT2D eigenvalue weighted by atomic mass is 9.92. The number of ether oxygens (including phenoxy) is 2. The molecule has 0 spiro atoms. The van der Waals surface area contributed by atoms with Gasteiger partial charge >= 0.3 is 0 Å². The molecule has 1 aromatic carbocycles. The van der Waals surface area contributed by atoms with Gasteiger partial charge in [0.25, 0.3) is 5.91 Å². The van der Waals surface area contributed by atoms with Gasteiger partial charge in [0.1, 0.15) is 23.0 Å². The first-order valence-corrected chi connectivity index (χ1v) is 14.5. The summed E-state index contributed by atoms with van der Waals surface area (Å²) in [6.07, 6.45) is 7.81. The number of hydrazine groups is 1. The van der Waals surface area contributed by atoms with Crippen LogP contribution < -0.4 is 27.5 Å². The molecule has 1 amide bonds. The highest BCUT2D eigenvalue weighted by molar-refractivity contribution is 6.34. The number of nitrogens with zero attached hydrogens (tertiary/aromatic N) is 3. The van der Waals surface area contributed by atoms with Crippen LogP contribution in [0.5, 0.6) is 0 Å². The fourth-order valence-corrected chi connectivity index (χ4v) is 5.18. The van der Waals surface area contributed by atoms with Crippen LogP contribution in [-0.4, -0.2) is 73.7 Å². The Kier molecular flexibility index (Phi) is 10.6. The maximum Gasteiger partial charge on any atom is 0.267 e. The molecule has 1 unspecified atom stereocenters. The van der Waals surface area contributed by atoms with Crippen molar-refractivity contribution in [2.75, 3.05) is 33.5 Å². The summed E-state index contributed by atoms with van der Waals surface area (Å²) in [7, 11) is 1.60. The van der Waals surface area contributed by atoms with Crippen LogP contribution in [0.15, 0.2) is 75.7 Å². The van der Waals surface area contributed by atoms with Gasteiger partial charge in [-0.1, -0.05) is 23.8 Å². The molecule has 0 radical (unpaired) electrons. The van der Waals surface area contributed by atoms with Gasteiger partial charge < -0.3 is 37.0 Å². The van der Waals surface area contributed by atoms with Gasteiger partial charge in [-0.15, -0.1) is 0 Å². The number of hydrogen-bond acceptors (Lipinski definition) is 9. The van der Waals surface area contributed by atoms with Gasteiger partial charge in [-0.2, -0.15) is 0 Å². The summed E-state index contributed by atoms with van der Waals surface area (Å²) in [5.74, 6) is -0.651. The third-order valence-corrected chi connectivity index (χ3v) is 7.45. The Morgan fingerprint density at radius 3 is 2.84 bits per heavy atom. The van der Waals surface area contributed by atoms with Crippen LogP contribution in [0.4, 0.5) is 10.1 Å². The van der Waals surface area contributed by atoms with Gasteiger partial charge in [0, 0.05) is 32.0 Å². The predicted molar refractivity (Wildman–Crippen MR) is 167 cm³/mol. The molecule has 3 atom stereocenters. The molecular weight excluding hydrogens is 575 g/mol. The van der Waals surface area contributed by atoms with E-state index >= 15 is 0 Å². The molecule has 0 saturated heterocycles. The number of nitrogens with one attached hydrogen (secondary N) is 3. The number of nitrogens with two attached hydrogens (primary N) is 2. The zero-order chi connectivity index (χ0) is 31.1. The normalized spacial score (nSPS) is 24.5. The molecule has 1 saturated carbocycles. The van der Waals surface area contributed by atoms with Crippen molar-refractivity contribution >= 4 is 34.7 Å². The minimum absolute atomic E-state index is 0.00961. The zero-order valence-corrected chi connectivity index (χ0v) is 25.5. The highest BCUT2D eigenvalue weighted by Gasteiger charge is 2.46. The van der Waals surface area contributed by atoms with Crippen molar-refractivity contribution < 1.29 is 18.7 Å². The lowest BCUT2D eigenvalue weighted by Gasteiger charge is -2.52. The van der Waals surface area contributed by atoms with E-state index in [1.807, 2.05) is 24.9 Å². The smallest absolute Gasteiger partial charge is 0.267 e. The van der Waals surface area contributed by atoms with Crippen LogP contribution in [0.1, 0.15) is 33.1 Å². The number of halogens is 2. The lowest BCUT2D eigenvalue weighted by molar-refractivity contribution is -0.118. The molecule has 3 aliphatic rings. The Morgan fingerprint density at radius 2 is 2.14 bits per heavy atom. The van der Waals surface area contributed by atoms with Crippen LogP contribution in [0.25, 0.3) is 0 Å². The molecule has 13 heteroatoms. The van der Waals surface area contributed by atoms with E-state index in [-0.39, 0.29) is 34.5 Å². The van der Waals surface area contributed by atoms with Crippen LogP contribution in [0.2, 0.25) is 5.02 Å². The fourth-order valence-electron chi connectivity index (χ4n) is 5.02. The number of amides is 1. The quantitative estimate of drug-likeness (QED) is 0.0748. The van der Waals surface area contributed by atoms with Crippen molar-refractivity contribution in [2.24, 2.45) is 21.5 Å². The number of allylic oxidation sites excluding steroid dienone is 3. The molecule has 0 aromatic heterocycles. The Hall–Kier alpha value is -3.71. The van der Waals surface area contributed by atoms with E-state index in [9.17, 15) is 9.18 Å². The standard InChI is InChI=1S/C30H40ClFN8O3/c1-18(2)13-25(29(41)35-9-10-43-12-11-42-4)39-30(3)16-26-27(37-21-7-6-20(33)15-21)22(17-36-40(26)30)28(34)38-24-14-19(32)5-8-23(24)31/h5,8,13-14,16-17,20-21,36,39H,1,6-7,9-12,15,33H2,2-4H3,(H2,34,38)(H,35,41)/b25-13-,37-27?/t20-,21+,30?/m0/s1. The molecule has 43 heavy (non-hydrogen) atoms. The molecule has 2 aliphatic heterocycles. The number of rotatable bonds is 13. The van der Waals surface area contributed by atoms with Gasteiger partial charge in [-0.25, -0.2) is 9.38 Å². The number of benzene rings is 1. The summed E-state index contributed by atoms with van der Waals surface area (Å²) in [5.41, 5.74) is 18.2. The van der Waals surface area contributed by atoms with E-state index in [0.29, 0.717) is 48.9 Å². The summed E-state index contributed by atoms with van der Waals surface area (Å²) in [6, 6.07) is 4.00. The van der Waals surface area contributed by atoms with E-state index < -0.39 is 11.5 Å². The Balaban J connectivity index is 1.58. The van der Waals surface area contributed by atoms with Crippen molar-refractivity contribution in [1.29, 1.82) is 0 Å². The van der Waals surface area contributed by atoms with Crippen LogP contribution in [0, 0.1) is 5.82 Å². The maximum atomic E-state index is 13.9. The molecule has 4 rings (SSSR count). The second-order valence-electron chi connectivity index (χ2n) is 10.9. The SMILES string of the molecule is C=C(C)/C=C(\NC1(C)C=C2C(=N[C@@H]3CC[C@H](N)C3)C(C(N)=Nc3cc(F)ccc3Cl)=CNN21)C(=O)NCCOCCOC. The number of amidine groups is 1. The van der Waals surface area contributed by atoms with Crippen LogP contribution >= 0.6 is 11.6 Å². The first-order valence-electron chi connectivity index (χ1n) is 14.1. The summed E-state index contributed by atoms with van der Waals surface area (Å²) in [6.45, 7) is 9.28. The van der Waals surface area contributed by atoms with E-state index in [2.05, 4.69) is 27.6 Å². The summed E-state index contributed by atoms with van der Waals surface area (Å²) in [5, 5.41) is 8.33. The van der Waals surface area contributed by atoms with Crippen molar-refractivity contribution in [3.8, 4) is 0 Å². The topological polar surface area (TPSA) is 152 Å². The number of carbonyl (C=O) groups is 1. The largest absolute Gasteiger partial charge is 0.383 e. The summed E-state index contributed by atoms with van der Waals surface area (Å²) < 4.78 is 24.3. The van der Waals surface area contributed by atoms with E-state index in [4.69, 9.17) is 37.5 Å². The second kappa shape index (κ2) is 14.2. The Labute approximate surface area is 256 Å². The molecule has 1 aromatic rings. The van der Waals surface area contributed by atoms with Crippen molar-refractivity contribution in [3.63, 3.8) is 0 Å². The minimum Gasteiger partial charge on any atom is -0.383 e. The van der Waals surface area contributed by atoms with Gasteiger partial charge in [-0.05, 0) is 57.4 Å². The number of hydrogen-bond donors (Lipinski definition) is 5. The highest BCUT2D eigenvalue weighted by Crippen LogP contribution is 2.37. The molecule has 1 fully saturated rings.